The van der Waals surface area contributed by atoms with Crippen LogP contribution in [-0.4, -0.2) is 39.2 Å². The lowest BCUT2D eigenvalue weighted by atomic mass is 9.89. The molecule has 0 bridgehead atoms. The highest BCUT2D eigenvalue weighted by atomic mass is 16.4. The number of nitrogens with zero attached hydrogens (tertiary/aromatic N) is 3. The van der Waals surface area contributed by atoms with Crippen molar-refractivity contribution in [3.63, 3.8) is 0 Å². The first-order valence-corrected chi connectivity index (χ1v) is 9.12. The van der Waals surface area contributed by atoms with E-state index in [0.717, 1.165) is 43.7 Å². The average molecular weight is 353 g/mol. The first-order chi connectivity index (χ1) is 12.7. The molecular formula is C20H23N3O3. The van der Waals surface area contributed by atoms with Gasteiger partial charge in [-0.2, -0.15) is 0 Å². The molecule has 0 aliphatic carbocycles. The van der Waals surface area contributed by atoms with Crippen LogP contribution in [0, 0.1) is 5.92 Å². The zero-order valence-electron chi connectivity index (χ0n) is 14.6. The van der Waals surface area contributed by atoms with Crippen LogP contribution in [0.2, 0.25) is 0 Å². The van der Waals surface area contributed by atoms with E-state index in [4.69, 9.17) is 4.42 Å². The predicted molar refractivity (Wildman–Crippen MR) is 98.8 cm³/mol. The maximum atomic E-state index is 12.0. The summed E-state index contributed by atoms with van der Waals surface area (Å²) in [5.74, 6) is -0.0645. The van der Waals surface area contributed by atoms with Crippen molar-refractivity contribution in [1.82, 2.24) is 14.5 Å². The molecule has 1 saturated heterocycles. The van der Waals surface area contributed by atoms with Gasteiger partial charge in [0.25, 0.3) is 0 Å². The lowest BCUT2D eigenvalue weighted by Crippen LogP contribution is -2.38. The summed E-state index contributed by atoms with van der Waals surface area (Å²) in [5.41, 5.74) is 2.23. The molecule has 3 aromatic rings. The molecule has 1 fully saturated rings. The number of aliphatic hydroxyl groups is 1. The van der Waals surface area contributed by atoms with E-state index in [9.17, 15) is 9.90 Å². The van der Waals surface area contributed by atoms with Crippen molar-refractivity contribution in [2.24, 2.45) is 5.92 Å². The molecule has 26 heavy (non-hydrogen) atoms. The Bertz CT molecular complexity index is 911. The van der Waals surface area contributed by atoms with Crippen LogP contribution in [0.3, 0.4) is 0 Å². The van der Waals surface area contributed by atoms with Crippen molar-refractivity contribution in [2.75, 3.05) is 19.6 Å². The molecule has 4 rings (SSSR count). The molecule has 1 aliphatic heterocycles. The quantitative estimate of drug-likeness (QED) is 0.763. The van der Waals surface area contributed by atoms with Gasteiger partial charge >= 0.3 is 5.76 Å². The third-order valence-corrected chi connectivity index (χ3v) is 5.28. The highest BCUT2D eigenvalue weighted by molar-refractivity contribution is 5.72. The third kappa shape index (κ3) is 3.43. The summed E-state index contributed by atoms with van der Waals surface area (Å²) < 4.78 is 6.98. The van der Waals surface area contributed by atoms with E-state index in [0.29, 0.717) is 12.1 Å². The maximum Gasteiger partial charge on any atom is 0.419 e. The van der Waals surface area contributed by atoms with Crippen molar-refractivity contribution >= 4 is 11.1 Å². The molecule has 0 radical (unpaired) electrons. The Labute approximate surface area is 151 Å². The number of aromatic nitrogens is 2. The summed E-state index contributed by atoms with van der Waals surface area (Å²) in [5, 5.41) is 10.5. The molecule has 1 aliphatic rings. The highest BCUT2D eigenvalue weighted by Crippen LogP contribution is 2.29. The number of aliphatic hydroxyl groups excluding tert-OH is 1. The van der Waals surface area contributed by atoms with E-state index in [2.05, 4.69) is 9.88 Å². The number of piperidine rings is 1. The fourth-order valence-corrected chi connectivity index (χ4v) is 3.75. The van der Waals surface area contributed by atoms with Gasteiger partial charge in [-0.3, -0.25) is 9.55 Å². The van der Waals surface area contributed by atoms with E-state index in [-0.39, 0.29) is 11.7 Å². The molecule has 6 nitrogen and oxygen atoms in total. The number of para-hydroxylation sites is 2. The van der Waals surface area contributed by atoms with Gasteiger partial charge in [0, 0.05) is 19.3 Å². The lowest BCUT2D eigenvalue weighted by Gasteiger charge is -2.34. The summed E-state index contributed by atoms with van der Waals surface area (Å²) in [6.07, 6.45) is 3.08. The number of benzene rings is 1. The van der Waals surface area contributed by atoms with Gasteiger partial charge in [-0.25, -0.2) is 4.79 Å². The van der Waals surface area contributed by atoms with Crippen molar-refractivity contribution in [2.45, 2.75) is 25.5 Å². The minimum Gasteiger partial charge on any atom is -0.408 e. The average Bonchev–Trinajstić information content (AvgIpc) is 3.02. The standard InChI is InChI=1S/C20H23N3O3/c24-19(16-5-3-4-10-21-16)15-8-11-22(12-9-15)13-14-23-17-6-1-2-7-18(17)26-20(23)25/h1-7,10,15,19,24H,8-9,11-14H2. The normalized spacial score (nSPS) is 17.6. The van der Waals surface area contributed by atoms with E-state index in [1.54, 1.807) is 10.8 Å². The van der Waals surface area contributed by atoms with Crippen molar-refractivity contribution in [3.8, 4) is 0 Å². The first-order valence-electron chi connectivity index (χ1n) is 9.12. The fraction of sp³-hybridized carbons (Fsp3) is 0.400. The number of likely N-dealkylation sites (tertiary alicyclic amines) is 1. The Balaban J connectivity index is 1.34. The molecule has 0 saturated carbocycles. The smallest absolute Gasteiger partial charge is 0.408 e. The molecule has 3 heterocycles. The van der Waals surface area contributed by atoms with E-state index < -0.39 is 6.10 Å². The maximum absolute atomic E-state index is 12.0. The number of oxazole rings is 1. The number of fused-ring (bicyclic) bond motifs is 1. The minimum absolute atomic E-state index is 0.235. The highest BCUT2D eigenvalue weighted by Gasteiger charge is 2.26. The third-order valence-electron chi connectivity index (χ3n) is 5.28. The number of hydrogen-bond donors (Lipinski definition) is 1. The van der Waals surface area contributed by atoms with Crippen LogP contribution in [0.15, 0.2) is 57.9 Å². The Morgan fingerprint density at radius 3 is 2.65 bits per heavy atom. The summed E-state index contributed by atoms with van der Waals surface area (Å²) in [6, 6.07) is 13.2. The summed E-state index contributed by atoms with van der Waals surface area (Å²) in [7, 11) is 0. The van der Waals surface area contributed by atoms with Crippen LogP contribution in [0.1, 0.15) is 24.6 Å². The van der Waals surface area contributed by atoms with Crippen LogP contribution < -0.4 is 5.76 Å². The minimum atomic E-state index is -0.501. The van der Waals surface area contributed by atoms with Crippen LogP contribution in [0.25, 0.3) is 11.1 Å². The van der Waals surface area contributed by atoms with Crippen molar-refractivity contribution in [3.05, 3.63) is 64.9 Å². The fourth-order valence-electron chi connectivity index (χ4n) is 3.75. The van der Waals surface area contributed by atoms with Crippen molar-refractivity contribution in [1.29, 1.82) is 0 Å². The van der Waals surface area contributed by atoms with Gasteiger partial charge in [0.1, 0.15) is 0 Å². The van der Waals surface area contributed by atoms with E-state index in [1.165, 1.54) is 0 Å². The summed E-state index contributed by atoms with van der Waals surface area (Å²) in [6.45, 7) is 3.25. The summed E-state index contributed by atoms with van der Waals surface area (Å²) in [4.78, 5) is 18.7. The molecule has 0 amide bonds. The van der Waals surface area contributed by atoms with Crippen molar-refractivity contribution < 1.29 is 9.52 Å². The van der Waals surface area contributed by atoms with Crippen LogP contribution in [0.4, 0.5) is 0 Å². The van der Waals surface area contributed by atoms with Gasteiger partial charge < -0.3 is 14.4 Å². The second-order valence-electron chi connectivity index (χ2n) is 6.87. The Hall–Kier alpha value is -2.44. The van der Waals surface area contributed by atoms with Gasteiger partial charge in [0.15, 0.2) is 5.58 Å². The zero-order chi connectivity index (χ0) is 17.9. The van der Waals surface area contributed by atoms with Gasteiger partial charge in [-0.1, -0.05) is 18.2 Å². The van der Waals surface area contributed by atoms with Gasteiger partial charge in [0.2, 0.25) is 0 Å². The molecule has 1 atom stereocenters. The van der Waals surface area contributed by atoms with E-state index in [1.807, 2.05) is 42.5 Å². The predicted octanol–water partition coefficient (Wildman–Crippen LogP) is 2.44. The SMILES string of the molecule is O=c1oc2ccccc2n1CCN1CCC(C(O)c2ccccn2)CC1. The lowest BCUT2D eigenvalue weighted by molar-refractivity contribution is 0.0551. The second-order valence-corrected chi connectivity index (χ2v) is 6.87. The molecule has 2 aromatic heterocycles. The Morgan fingerprint density at radius 2 is 1.88 bits per heavy atom. The Kier molecular flexibility index (Phi) is 4.86. The van der Waals surface area contributed by atoms with Gasteiger partial charge in [-0.05, 0) is 56.1 Å². The second kappa shape index (κ2) is 7.43. The number of rotatable bonds is 5. The number of pyridine rings is 1. The Morgan fingerprint density at radius 1 is 1.12 bits per heavy atom. The zero-order valence-corrected chi connectivity index (χ0v) is 14.6. The van der Waals surface area contributed by atoms with E-state index >= 15 is 0 Å². The monoisotopic (exact) mass is 353 g/mol. The van der Waals surface area contributed by atoms with Gasteiger partial charge in [0.05, 0.1) is 17.3 Å². The topological polar surface area (TPSA) is 71.5 Å². The van der Waals surface area contributed by atoms with Crippen LogP contribution in [0.5, 0.6) is 0 Å². The number of hydrogen-bond acceptors (Lipinski definition) is 5. The van der Waals surface area contributed by atoms with Crippen LogP contribution in [-0.2, 0) is 6.54 Å². The molecular weight excluding hydrogens is 330 g/mol. The molecule has 1 N–H and O–H groups in total. The van der Waals surface area contributed by atoms with Gasteiger partial charge in [-0.15, -0.1) is 0 Å². The molecule has 6 heteroatoms. The summed E-state index contributed by atoms with van der Waals surface area (Å²) >= 11 is 0. The van der Waals surface area contributed by atoms with Crippen LogP contribution >= 0.6 is 0 Å². The molecule has 1 aromatic carbocycles. The first kappa shape index (κ1) is 17.0. The largest absolute Gasteiger partial charge is 0.419 e. The molecule has 136 valence electrons. The molecule has 1 unspecified atom stereocenters. The molecule has 0 spiro atoms.